The van der Waals surface area contributed by atoms with E-state index in [1.54, 1.807) is 12.1 Å². The molecule has 0 fully saturated rings. The normalized spacial score (nSPS) is 12.4. The Hall–Kier alpha value is -1.05. The monoisotopic (exact) mass is 282 g/mol. The number of hydrogen-bond donors (Lipinski definition) is 0. The first-order valence-electron chi connectivity index (χ1n) is 5.71. The van der Waals surface area contributed by atoms with E-state index in [1.165, 1.54) is 11.6 Å². The Morgan fingerprint density at radius 2 is 1.94 bits per heavy atom. The predicted molar refractivity (Wildman–Crippen MR) is 74.9 cm³/mol. The summed E-state index contributed by atoms with van der Waals surface area (Å²) in [6, 6.07) is 12.7. The predicted octanol–water partition coefficient (Wildman–Crippen LogP) is 5.31. The number of alkyl halides is 1. The number of halogens is 3. The van der Waals surface area contributed by atoms with Crippen molar-refractivity contribution in [1.29, 1.82) is 0 Å². The van der Waals surface area contributed by atoms with Crippen LogP contribution in [0.1, 0.15) is 22.1 Å². The quantitative estimate of drug-likeness (QED) is 0.669. The van der Waals surface area contributed by atoms with Crippen molar-refractivity contribution in [2.45, 2.75) is 18.7 Å². The van der Waals surface area contributed by atoms with Crippen LogP contribution in [-0.4, -0.2) is 0 Å². The molecule has 0 aromatic heterocycles. The van der Waals surface area contributed by atoms with Gasteiger partial charge in [0.15, 0.2) is 0 Å². The molecule has 0 bridgehead atoms. The molecule has 0 aliphatic heterocycles. The molecule has 2 rings (SSSR count). The number of hydrogen-bond acceptors (Lipinski definition) is 0. The van der Waals surface area contributed by atoms with E-state index in [0.717, 1.165) is 5.56 Å². The molecule has 0 amide bonds. The minimum absolute atomic E-state index is 0.352. The van der Waals surface area contributed by atoms with Gasteiger partial charge < -0.3 is 0 Å². The van der Waals surface area contributed by atoms with Crippen molar-refractivity contribution in [3.63, 3.8) is 0 Å². The van der Waals surface area contributed by atoms with E-state index in [1.807, 2.05) is 25.1 Å². The summed E-state index contributed by atoms with van der Waals surface area (Å²) in [4.78, 5) is 0. The summed E-state index contributed by atoms with van der Waals surface area (Å²) in [5.74, 6) is -0.352. The van der Waals surface area contributed by atoms with Crippen LogP contribution in [0.5, 0.6) is 0 Å². The number of aryl methyl sites for hydroxylation is 1. The highest BCUT2D eigenvalue weighted by Crippen LogP contribution is 2.28. The van der Waals surface area contributed by atoms with Crippen LogP contribution in [0.2, 0.25) is 5.02 Å². The van der Waals surface area contributed by atoms with Crippen LogP contribution in [0.4, 0.5) is 4.39 Å². The third kappa shape index (κ3) is 3.24. The summed E-state index contributed by atoms with van der Waals surface area (Å²) < 4.78 is 13.7. The van der Waals surface area contributed by atoms with Crippen LogP contribution in [0.15, 0.2) is 42.5 Å². The summed E-state index contributed by atoms with van der Waals surface area (Å²) >= 11 is 12.0. The molecule has 18 heavy (non-hydrogen) atoms. The highest BCUT2D eigenvalue weighted by Gasteiger charge is 2.14. The molecule has 0 spiro atoms. The molecular formula is C15H13Cl2F. The lowest BCUT2D eigenvalue weighted by atomic mass is 10.0. The first kappa shape index (κ1) is 13.4. The summed E-state index contributed by atoms with van der Waals surface area (Å²) in [5, 5.41) is -0.000242. The van der Waals surface area contributed by atoms with Crippen LogP contribution < -0.4 is 0 Å². The lowest BCUT2D eigenvalue weighted by Gasteiger charge is -2.11. The van der Waals surface area contributed by atoms with Gasteiger partial charge in [-0.3, -0.25) is 0 Å². The summed E-state index contributed by atoms with van der Waals surface area (Å²) in [7, 11) is 0. The topological polar surface area (TPSA) is 0 Å². The Morgan fingerprint density at radius 3 is 2.61 bits per heavy atom. The van der Waals surface area contributed by atoms with Crippen LogP contribution in [0.3, 0.4) is 0 Å². The highest BCUT2D eigenvalue weighted by atomic mass is 35.5. The van der Waals surface area contributed by atoms with Gasteiger partial charge in [-0.25, -0.2) is 4.39 Å². The van der Waals surface area contributed by atoms with Gasteiger partial charge in [0.25, 0.3) is 0 Å². The minimum atomic E-state index is -0.385. The van der Waals surface area contributed by atoms with Gasteiger partial charge in [0.1, 0.15) is 5.82 Å². The number of rotatable bonds is 3. The van der Waals surface area contributed by atoms with Gasteiger partial charge in [0, 0.05) is 10.6 Å². The van der Waals surface area contributed by atoms with E-state index in [-0.39, 0.29) is 11.2 Å². The van der Waals surface area contributed by atoms with Gasteiger partial charge >= 0.3 is 0 Å². The van der Waals surface area contributed by atoms with E-state index in [9.17, 15) is 4.39 Å². The molecule has 0 nitrogen and oxygen atoms in total. The first-order valence-corrected chi connectivity index (χ1v) is 6.52. The molecule has 2 aromatic carbocycles. The minimum Gasteiger partial charge on any atom is -0.207 e. The first-order chi connectivity index (χ1) is 8.56. The van der Waals surface area contributed by atoms with E-state index >= 15 is 0 Å². The lowest BCUT2D eigenvalue weighted by Crippen LogP contribution is -1.99. The zero-order valence-electron chi connectivity index (χ0n) is 9.96. The largest absolute Gasteiger partial charge is 0.207 e. The Balaban J connectivity index is 2.19. The summed E-state index contributed by atoms with van der Waals surface area (Å²) in [6.45, 7) is 2.02. The van der Waals surface area contributed by atoms with Crippen molar-refractivity contribution in [3.05, 3.63) is 70.0 Å². The highest BCUT2D eigenvalue weighted by molar-refractivity contribution is 6.30. The molecule has 94 valence electrons. The second kappa shape index (κ2) is 5.73. The van der Waals surface area contributed by atoms with Crippen molar-refractivity contribution >= 4 is 23.2 Å². The van der Waals surface area contributed by atoms with Crippen LogP contribution in [-0.2, 0) is 6.42 Å². The Labute approximate surface area is 116 Å². The fourth-order valence-electron chi connectivity index (χ4n) is 1.91. The van der Waals surface area contributed by atoms with E-state index < -0.39 is 0 Å². The molecular weight excluding hydrogens is 270 g/mol. The molecule has 1 atom stereocenters. The number of benzene rings is 2. The standard InChI is InChI=1S/C15H13Cl2F/c1-10-3-2-4-11(7-10)8-14(17)13-6-5-12(16)9-15(13)18/h2-7,9,14H,8H2,1H3. The Morgan fingerprint density at radius 1 is 1.17 bits per heavy atom. The second-order valence-corrected chi connectivity index (χ2v) is 5.29. The fourth-order valence-corrected chi connectivity index (χ4v) is 2.43. The van der Waals surface area contributed by atoms with E-state index in [4.69, 9.17) is 23.2 Å². The van der Waals surface area contributed by atoms with Gasteiger partial charge in [-0.15, -0.1) is 11.6 Å². The van der Waals surface area contributed by atoms with Gasteiger partial charge in [-0.1, -0.05) is 47.5 Å². The molecule has 3 heteroatoms. The third-order valence-electron chi connectivity index (χ3n) is 2.80. The molecule has 0 aliphatic rings. The zero-order chi connectivity index (χ0) is 13.1. The third-order valence-corrected chi connectivity index (χ3v) is 3.42. The van der Waals surface area contributed by atoms with Crippen LogP contribution in [0.25, 0.3) is 0 Å². The molecule has 0 heterocycles. The summed E-state index contributed by atoms with van der Waals surface area (Å²) in [5.41, 5.74) is 2.76. The smallest absolute Gasteiger partial charge is 0.129 e. The lowest BCUT2D eigenvalue weighted by molar-refractivity contribution is 0.606. The van der Waals surface area contributed by atoms with Gasteiger partial charge in [-0.2, -0.15) is 0 Å². The van der Waals surface area contributed by atoms with Crippen molar-refractivity contribution in [2.75, 3.05) is 0 Å². The summed E-state index contributed by atoms with van der Waals surface area (Å²) in [6.07, 6.45) is 0.599. The van der Waals surface area contributed by atoms with Gasteiger partial charge in [-0.05, 0) is 31.0 Å². The molecule has 0 saturated carbocycles. The van der Waals surface area contributed by atoms with Crippen LogP contribution in [0, 0.1) is 12.7 Å². The maximum Gasteiger partial charge on any atom is 0.129 e. The Bertz CT molecular complexity index is 552. The van der Waals surface area contributed by atoms with Gasteiger partial charge in [0.2, 0.25) is 0 Å². The SMILES string of the molecule is Cc1cccc(CC(Cl)c2ccc(Cl)cc2F)c1. The zero-order valence-corrected chi connectivity index (χ0v) is 11.5. The molecule has 0 saturated heterocycles. The average molecular weight is 283 g/mol. The van der Waals surface area contributed by atoms with Crippen molar-refractivity contribution in [2.24, 2.45) is 0 Å². The molecule has 2 aromatic rings. The van der Waals surface area contributed by atoms with E-state index in [0.29, 0.717) is 17.0 Å². The van der Waals surface area contributed by atoms with Crippen molar-refractivity contribution in [1.82, 2.24) is 0 Å². The van der Waals surface area contributed by atoms with Crippen molar-refractivity contribution in [3.8, 4) is 0 Å². The Kier molecular flexibility index (Phi) is 4.26. The van der Waals surface area contributed by atoms with Crippen LogP contribution >= 0.6 is 23.2 Å². The average Bonchev–Trinajstić information content (AvgIpc) is 2.28. The molecule has 0 aliphatic carbocycles. The molecule has 0 N–H and O–H groups in total. The fraction of sp³-hybridized carbons (Fsp3) is 0.200. The molecule has 1 unspecified atom stereocenters. The van der Waals surface area contributed by atoms with Crippen molar-refractivity contribution < 1.29 is 4.39 Å². The molecule has 0 radical (unpaired) electrons. The van der Waals surface area contributed by atoms with E-state index in [2.05, 4.69) is 6.07 Å². The maximum absolute atomic E-state index is 13.7. The maximum atomic E-state index is 13.7. The second-order valence-electron chi connectivity index (χ2n) is 4.33. The van der Waals surface area contributed by atoms with Gasteiger partial charge in [0.05, 0.1) is 5.38 Å².